The summed E-state index contributed by atoms with van der Waals surface area (Å²) in [6.45, 7) is 7.19. The predicted molar refractivity (Wildman–Crippen MR) is 86.1 cm³/mol. The Kier molecular flexibility index (Phi) is 5.55. The molecule has 0 saturated carbocycles. The fraction of sp³-hybridized carbons (Fsp3) is 0.412. The Morgan fingerprint density at radius 2 is 1.86 bits per heavy atom. The van der Waals surface area contributed by atoms with Gasteiger partial charge in [-0.2, -0.15) is 4.98 Å². The number of aromatic nitrogens is 2. The quantitative estimate of drug-likeness (QED) is 0.827. The van der Waals surface area contributed by atoms with Crippen LogP contribution in [-0.4, -0.2) is 16.5 Å². The molecule has 1 N–H and O–H groups in total. The van der Waals surface area contributed by atoms with Crippen LogP contribution in [0.2, 0.25) is 0 Å². The summed E-state index contributed by atoms with van der Waals surface area (Å²) in [7, 11) is 0. The van der Waals surface area contributed by atoms with Gasteiger partial charge in [-0.15, -0.1) is 0 Å². The minimum absolute atomic E-state index is 0.598. The first-order valence-corrected chi connectivity index (χ1v) is 7.64. The molecule has 4 nitrogen and oxygen atoms in total. The fourth-order valence-electron chi connectivity index (χ4n) is 2.03. The van der Waals surface area contributed by atoms with Crippen molar-refractivity contribution < 1.29 is 4.74 Å². The van der Waals surface area contributed by atoms with E-state index < -0.39 is 0 Å². The molecule has 2 aromatic rings. The van der Waals surface area contributed by atoms with Gasteiger partial charge in [-0.25, -0.2) is 4.98 Å². The minimum atomic E-state index is 0.598. The number of rotatable bonds is 7. The second-order valence-electron chi connectivity index (χ2n) is 4.85. The molecule has 0 aliphatic heterocycles. The zero-order chi connectivity index (χ0) is 15.1. The summed E-state index contributed by atoms with van der Waals surface area (Å²) in [4.78, 5) is 8.93. The minimum Gasteiger partial charge on any atom is -0.439 e. The summed E-state index contributed by atoms with van der Waals surface area (Å²) in [5.74, 6) is 3.08. The van der Waals surface area contributed by atoms with E-state index in [1.807, 2.05) is 31.2 Å². The van der Waals surface area contributed by atoms with Crippen molar-refractivity contribution >= 4 is 5.82 Å². The van der Waals surface area contributed by atoms with Gasteiger partial charge in [-0.3, -0.25) is 0 Å². The largest absolute Gasteiger partial charge is 0.439 e. The molecule has 1 aromatic heterocycles. The number of nitrogens with zero attached hydrogens (tertiary/aromatic N) is 2. The van der Waals surface area contributed by atoms with Crippen molar-refractivity contribution in [3.63, 3.8) is 0 Å². The molecule has 112 valence electrons. The Bertz CT molecular complexity index is 584. The second kappa shape index (κ2) is 7.62. The van der Waals surface area contributed by atoms with Crippen molar-refractivity contribution in [3.05, 3.63) is 41.7 Å². The lowest BCUT2D eigenvalue weighted by Gasteiger charge is -2.12. The van der Waals surface area contributed by atoms with E-state index in [0.29, 0.717) is 5.88 Å². The first-order chi connectivity index (χ1) is 10.3. The average molecular weight is 285 g/mol. The second-order valence-corrected chi connectivity index (χ2v) is 4.85. The number of hydrogen-bond donors (Lipinski definition) is 1. The lowest BCUT2D eigenvalue weighted by Crippen LogP contribution is -2.06. The van der Waals surface area contributed by atoms with Crippen LogP contribution in [0, 0.1) is 0 Å². The normalized spacial score (nSPS) is 10.4. The van der Waals surface area contributed by atoms with Crippen LogP contribution < -0.4 is 10.1 Å². The van der Waals surface area contributed by atoms with E-state index >= 15 is 0 Å². The van der Waals surface area contributed by atoms with E-state index in [9.17, 15) is 0 Å². The number of anilines is 1. The number of nitrogens with one attached hydrogen (secondary N) is 1. The summed E-state index contributed by atoms with van der Waals surface area (Å²) in [6.07, 6.45) is 2.77. The maximum Gasteiger partial charge on any atom is 0.224 e. The van der Waals surface area contributed by atoms with Gasteiger partial charge < -0.3 is 10.1 Å². The van der Waals surface area contributed by atoms with Gasteiger partial charge >= 0.3 is 0 Å². The average Bonchev–Trinajstić information content (AvgIpc) is 2.53. The van der Waals surface area contributed by atoms with Crippen LogP contribution in [0.4, 0.5) is 5.82 Å². The Labute approximate surface area is 126 Å². The van der Waals surface area contributed by atoms with Gasteiger partial charge in [0.05, 0.1) is 0 Å². The Balaban J connectivity index is 2.25. The third-order valence-electron chi connectivity index (χ3n) is 3.19. The fourth-order valence-corrected chi connectivity index (χ4v) is 2.03. The molecule has 0 saturated heterocycles. The third kappa shape index (κ3) is 4.18. The molecule has 0 fully saturated rings. The maximum absolute atomic E-state index is 5.97. The van der Waals surface area contributed by atoms with Crippen molar-refractivity contribution in [2.45, 2.75) is 40.0 Å². The smallest absolute Gasteiger partial charge is 0.224 e. The summed E-state index contributed by atoms with van der Waals surface area (Å²) in [5, 5.41) is 3.29. The maximum atomic E-state index is 5.97. The predicted octanol–water partition coefficient (Wildman–Crippen LogP) is 4.22. The van der Waals surface area contributed by atoms with Gasteiger partial charge in [0.1, 0.15) is 17.4 Å². The highest BCUT2D eigenvalue weighted by atomic mass is 16.5. The van der Waals surface area contributed by atoms with E-state index in [2.05, 4.69) is 35.2 Å². The van der Waals surface area contributed by atoms with Gasteiger partial charge in [-0.05, 0) is 24.5 Å². The molecule has 0 aliphatic carbocycles. The lowest BCUT2D eigenvalue weighted by atomic mass is 10.1. The third-order valence-corrected chi connectivity index (χ3v) is 3.19. The van der Waals surface area contributed by atoms with E-state index in [-0.39, 0.29) is 0 Å². The molecule has 0 spiro atoms. The molecule has 1 heterocycles. The molecule has 0 radical (unpaired) electrons. The highest BCUT2D eigenvalue weighted by molar-refractivity contribution is 5.42. The van der Waals surface area contributed by atoms with Crippen molar-refractivity contribution in [1.29, 1.82) is 0 Å². The van der Waals surface area contributed by atoms with E-state index in [1.54, 1.807) is 0 Å². The molecule has 2 rings (SSSR count). The first-order valence-electron chi connectivity index (χ1n) is 7.64. The zero-order valence-corrected chi connectivity index (χ0v) is 13.0. The van der Waals surface area contributed by atoms with Gasteiger partial charge in [0.25, 0.3) is 0 Å². The molecule has 0 amide bonds. The van der Waals surface area contributed by atoms with Crippen LogP contribution in [0.1, 0.15) is 38.6 Å². The number of benzene rings is 1. The van der Waals surface area contributed by atoms with Crippen LogP contribution in [0.3, 0.4) is 0 Å². The number of ether oxygens (including phenoxy) is 1. The molecule has 21 heavy (non-hydrogen) atoms. The molecule has 0 aliphatic rings. The van der Waals surface area contributed by atoms with Crippen LogP contribution in [0.5, 0.6) is 11.6 Å². The number of hydrogen-bond acceptors (Lipinski definition) is 4. The molecule has 0 bridgehead atoms. The summed E-state index contributed by atoms with van der Waals surface area (Å²) >= 11 is 0. The Hall–Kier alpha value is -2.10. The number of aryl methyl sites for hydroxylation is 2. The van der Waals surface area contributed by atoms with Crippen LogP contribution in [-0.2, 0) is 12.8 Å². The molecular weight excluding hydrogens is 262 g/mol. The van der Waals surface area contributed by atoms with E-state index in [4.69, 9.17) is 4.74 Å². The Morgan fingerprint density at radius 3 is 2.57 bits per heavy atom. The summed E-state index contributed by atoms with van der Waals surface area (Å²) < 4.78 is 5.97. The molecule has 0 atom stereocenters. The zero-order valence-electron chi connectivity index (χ0n) is 13.0. The van der Waals surface area contributed by atoms with Crippen LogP contribution in [0.15, 0.2) is 30.3 Å². The standard InChI is InChI=1S/C17H23N3O/c1-4-11-18-16-12-17(20-15(6-3)19-16)21-14-10-8-7-9-13(14)5-2/h7-10,12H,4-6,11H2,1-3H3,(H,18,19,20). The van der Waals surface area contributed by atoms with Crippen molar-refractivity contribution in [3.8, 4) is 11.6 Å². The molecule has 4 heteroatoms. The molecule has 1 aromatic carbocycles. The monoisotopic (exact) mass is 285 g/mol. The first kappa shape index (κ1) is 15.3. The summed E-state index contributed by atoms with van der Waals surface area (Å²) in [6, 6.07) is 9.92. The van der Waals surface area contributed by atoms with Crippen molar-refractivity contribution in [1.82, 2.24) is 9.97 Å². The van der Waals surface area contributed by atoms with Gasteiger partial charge in [0.2, 0.25) is 5.88 Å². The van der Waals surface area contributed by atoms with E-state index in [0.717, 1.165) is 43.2 Å². The van der Waals surface area contributed by atoms with Crippen molar-refractivity contribution in [2.75, 3.05) is 11.9 Å². The lowest BCUT2D eigenvalue weighted by molar-refractivity contribution is 0.454. The molecular formula is C17H23N3O. The van der Waals surface area contributed by atoms with Crippen LogP contribution >= 0.6 is 0 Å². The van der Waals surface area contributed by atoms with Gasteiger partial charge in [0.15, 0.2) is 0 Å². The van der Waals surface area contributed by atoms with Gasteiger partial charge in [-0.1, -0.05) is 39.0 Å². The number of para-hydroxylation sites is 1. The van der Waals surface area contributed by atoms with E-state index in [1.165, 1.54) is 5.56 Å². The Morgan fingerprint density at radius 1 is 1.05 bits per heavy atom. The van der Waals surface area contributed by atoms with Gasteiger partial charge in [0, 0.05) is 19.0 Å². The molecule has 0 unspecified atom stereocenters. The highest BCUT2D eigenvalue weighted by Crippen LogP contribution is 2.25. The van der Waals surface area contributed by atoms with Crippen molar-refractivity contribution in [2.24, 2.45) is 0 Å². The highest BCUT2D eigenvalue weighted by Gasteiger charge is 2.07. The SMILES string of the molecule is CCCNc1cc(Oc2ccccc2CC)nc(CC)n1. The van der Waals surface area contributed by atoms with Crippen LogP contribution in [0.25, 0.3) is 0 Å². The topological polar surface area (TPSA) is 47.0 Å². The summed E-state index contributed by atoms with van der Waals surface area (Å²) in [5.41, 5.74) is 1.18.